The second-order valence-corrected chi connectivity index (χ2v) is 8.08. The summed E-state index contributed by atoms with van der Waals surface area (Å²) < 4.78 is 10.7. The molecule has 0 fully saturated rings. The first-order chi connectivity index (χ1) is 11.5. The predicted octanol–water partition coefficient (Wildman–Crippen LogP) is 3.56. The zero-order chi connectivity index (χ0) is 19.1. The quantitative estimate of drug-likeness (QED) is 0.705. The van der Waals surface area contributed by atoms with Gasteiger partial charge in [-0.15, -0.1) is 0 Å². The summed E-state index contributed by atoms with van der Waals surface area (Å²) in [5.74, 6) is -0.567. The number of benzene rings is 1. The van der Waals surface area contributed by atoms with Gasteiger partial charge in [0.05, 0.1) is 13.0 Å². The molecule has 0 aromatic heterocycles. The van der Waals surface area contributed by atoms with Crippen LogP contribution in [0.1, 0.15) is 53.5 Å². The third-order valence-corrected chi connectivity index (χ3v) is 3.52. The van der Waals surface area contributed by atoms with E-state index in [-0.39, 0.29) is 37.0 Å². The highest BCUT2D eigenvalue weighted by atomic mass is 16.6. The number of carbonyl (C=O) groups is 2. The number of nitrogens with zero attached hydrogens (tertiary/aromatic N) is 1. The number of ether oxygens (including phenoxy) is 2. The van der Waals surface area contributed by atoms with Crippen molar-refractivity contribution in [2.45, 2.75) is 65.7 Å². The molecule has 5 heteroatoms. The molecule has 1 aromatic rings. The summed E-state index contributed by atoms with van der Waals surface area (Å²) in [7, 11) is 0. The van der Waals surface area contributed by atoms with Crippen molar-refractivity contribution in [3.63, 3.8) is 0 Å². The number of esters is 2. The molecule has 0 N–H and O–H groups in total. The normalized spacial score (nSPS) is 12.1. The minimum absolute atomic E-state index is 0.138. The van der Waals surface area contributed by atoms with E-state index in [2.05, 4.69) is 0 Å². The summed E-state index contributed by atoms with van der Waals surface area (Å²) >= 11 is 0. The maximum Gasteiger partial charge on any atom is 0.320 e. The molecule has 0 atom stereocenters. The molecule has 140 valence electrons. The summed E-state index contributed by atoms with van der Waals surface area (Å²) in [5.41, 5.74) is 0.193. The molecule has 0 heterocycles. The van der Waals surface area contributed by atoms with Crippen molar-refractivity contribution in [2.24, 2.45) is 0 Å². The van der Waals surface area contributed by atoms with Crippen LogP contribution in [-0.2, 0) is 25.7 Å². The van der Waals surface area contributed by atoms with Crippen LogP contribution in [0.3, 0.4) is 0 Å². The fraction of sp³-hybridized carbons (Fsp3) is 0.600. The molecular formula is C20H31NO4. The first kappa shape index (κ1) is 21.2. The van der Waals surface area contributed by atoms with Gasteiger partial charge in [-0.3, -0.25) is 14.5 Å². The molecule has 5 nitrogen and oxygen atoms in total. The van der Waals surface area contributed by atoms with E-state index in [9.17, 15) is 9.59 Å². The van der Waals surface area contributed by atoms with Gasteiger partial charge in [-0.2, -0.15) is 0 Å². The van der Waals surface area contributed by atoms with Crippen molar-refractivity contribution in [3.05, 3.63) is 35.9 Å². The smallest absolute Gasteiger partial charge is 0.320 e. The van der Waals surface area contributed by atoms with Gasteiger partial charge in [0.1, 0.15) is 12.2 Å². The largest absolute Gasteiger partial charge is 0.460 e. The average molecular weight is 349 g/mol. The van der Waals surface area contributed by atoms with Gasteiger partial charge in [0.2, 0.25) is 0 Å². The Hall–Kier alpha value is -1.88. The van der Waals surface area contributed by atoms with Gasteiger partial charge in [-0.05, 0) is 47.1 Å². The van der Waals surface area contributed by atoms with E-state index in [1.165, 1.54) is 0 Å². The summed E-state index contributed by atoms with van der Waals surface area (Å²) in [6, 6.07) is 9.56. The first-order valence-corrected chi connectivity index (χ1v) is 8.64. The lowest BCUT2D eigenvalue weighted by molar-refractivity contribution is -0.156. The van der Waals surface area contributed by atoms with E-state index >= 15 is 0 Å². The van der Waals surface area contributed by atoms with E-state index in [0.29, 0.717) is 6.54 Å². The molecule has 0 saturated heterocycles. The van der Waals surface area contributed by atoms with E-state index < -0.39 is 5.60 Å². The van der Waals surface area contributed by atoms with Crippen molar-refractivity contribution in [3.8, 4) is 0 Å². The molecule has 0 saturated carbocycles. The van der Waals surface area contributed by atoms with Crippen molar-refractivity contribution < 1.29 is 19.1 Å². The van der Waals surface area contributed by atoms with Crippen LogP contribution in [0.5, 0.6) is 0 Å². The lowest BCUT2D eigenvalue weighted by Crippen LogP contribution is -2.46. The van der Waals surface area contributed by atoms with Gasteiger partial charge >= 0.3 is 11.9 Å². The Morgan fingerprint density at radius 3 is 2.08 bits per heavy atom. The Bertz CT molecular complexity index is 555. The average Bonchev–Trinajstić information content (AvgIpc) is 2.47. The van der Waals surface area contributed by atoms with Crippen LogP contribution in [0.15, 0.2) is 30.3 Å². The first-order valence-electron chi connectivity index (χ1n) is 8.64. The highest BCUT2D eigenvalue weighted by Crippen LogP contribution is 2.15. The third-order valence-electron chi connectivity index (χ3n) is 3.52. The number of carbonyl (C=O) groups excluding carboxylic acids is 2. The fourth-order valence-electron chi connectivity index (χ4n) is 2.21. The highest BCUT2D eigenvalue weighted by Gasteiger charge is 2.26. The van der Waals surface area contributed by atoms with Crippen LogP contribution >= 0.6 is 0 Å². The van der Waals surface area contributed by atoms with Crippen molar-refractivity contribution >= 4 is 11.9 Å². The van der Waals surface area contributed by atoms with E-state index in [1.807, 2.05) is 76.8 Å². The summed E-state index contributed by atoms with van der Waals surface area (Å²) in [6.45, 7) is 12.4. The van der Waals surface area contributed by atoms with Crippen LogP contribution in [0.2, 0.25) is 0 Å². The van der Waals surface area contributed by atoms with E-state index in [0.717, 1.165) is 5.56 Å². The van der Waals surface area contributed by atoms with Crippen LogP contribution in [-0.4, -0.2) is 41.1 Å². The summed E-state index contributed by atoms with van der Waals surface area (Å²) in [6.07, 6.45) is 0.237. The van der Waals surface area contributed by atoms with Crippen LogP contribution < -0.4 is 0 Å². The van der Waals surface area contributed by atoms with Gasteiger partial charge in [0.15, 0.2) is 0 Å². The Morgan fingerprint density at radius 1 is 0.960 bits per heavy atom. The molecule has 0 unspecified atom stereocenters. The summed E-state index contributed by atoms with van der Waals surface area (Å²) in [5, 5.41) is 0. The van der Waals surface area contributed by atoms with Gasteiger partial charge in [-0.25, -0.2) is 0 Å². The molecule has 1 rings (SSSR count). The van der Waals surface area contributed by atoms with Crippen molar-refractivity contribution in [2.75, 3.05) is 13.1 Å². The number of hydrogen-bond acceptors (Lipinski definition) is 5. The maximum absolute atomic E-state index is 12.2. The molecule has 0 aliphatic rings. The van der Waals surface area contributed by atoms with Crippen LogP contribution in [0.25, 0.3) is 0 Å². The molecule has 1 aromatic carbocycles. The molecule has 0 bridgehead atoms. The second kappa shape index (κ2) is 8.99. The highest BCUT2D eigenvalue weighted by molar-refractivity contribution is 5.72. The SMILES string of the molecule is CC(C)(C)OC(=O)CCN(CC(=O)OCc1ccccc1)C(C)(C)C. The Balaban J connectivity index is 2.52. The monoisotopic (exact) mass is 349 g/mol. The second-order valence-electron chi connectivity index (χ2n) is 8.08. The molecule has 0 radical (unpaired) electrons. The van der Waals surface area contributed by atoms with Crippen LogP contribution in [0.4, 0.5) is 0 Å². The minimum atomic E-state index is -0.502. The van der Waals surface area contributed by atoms with Crippen LogP contribution in [0, 0.1) is 0 Å². The van der Waals surface area contributed by atoms with Gasteiger partial charge in [0.25, 0.3) is 0 Å². The molecule has 0 amide bonds. The fourth-order valence-corrected chi connectivity index (χ4v) is 2.21. The minimum Gasteiger partial charge on any atom is -0.460 e. The standard InChI is InChI=1S/C20H31NO4/c1-19(2,3)21(13-12-17(22)25-20(4,5)6)14-18(23)24-15-16-10-8-7-9-11-16/h7-11H,12-15H2,1-6H3. The summed E-state index contributed by atoms with van der Waals surface area (Å²) in [4.78, 5) is 26.0. The molecular weight excluding hydrogens is 318 g/mol. The third kappa shape index (κ3) is 9.25. The maximum atomic E-state index is 12.2. The zero-order valence-electron chi connectivity index (χ0n) is 16.3. The van der Waals surface area contributed by atoms with Crippen molar-refractivity contribution in [1.82, 2.24) is 4.90 Å². The Morgan fingerprint density at radius 2 is 1.56 bits per heavy atom. The number of hydrogen-bond donors (Lipinski definition) is 0. The van der Waals surface area contributed by atoms with Gasteiger partial charge < -0.3 is 9.47 Å². The lowest BCUT2D eigenvalue weighted by atomic mass is 10.1. The Kier molecular flexibility index (Phi) is 7.61. The van der Waals surface area contributed by atoms with Gasteiger partial charge in [0, 0.05) is 12.1 Å². The molecule has 0 aliphatic carbocycles. The Labute approximate surface area is 151 Å². The lowest BCUT2D eigenvalue weighted by Gasteiger charge is -2.34. The molecule has 25 heavy (non-hydrogen) atoms. The van der Waals surface area contributed by atoms with E-state index in [1.54, 1.807) is 0 Å². The van der Waals surface area contributed by atoms with Crippen molar-refractivity contribution in [1.29, 1.82) is 0 Å². The van der Waals surface area contributed by atoms with E-state index in [4.69, 9.17) is 9.47 Å². The topological polar surface area (TPSA) is 55.8 Å². The molecule has 0 aliphatic heterocycles. The predicted molar refractivity (Wildman–Crippen MR) is 98.0 cm³/mol. The zero-order valence-corrected chi connectivity index (χ0v) is 16.3. The number of rotatable bonds is 7. The molecule has 0 spiro atoms. The van der Waals surface area contributed by atoms with Gasteiger partial charge in [-0.1, -0.05) is 30.3 Å².